The number of aliphatic imine (C=N–C) groups is 1. The summed E-state index contributed by atoms with van der Waals surface area (Å²) < 4.78 is 0.614. The van der Waals surface area contributed by atoms with Crippen LogP contribution in [0.2, 0.25) is 0 Å². The first-order valence-corrected chi connectivity index (χ1v) is 5.62. The molecule has 0 aliphatic carbocycles. The molecule has 5 nitrogen and oxygen atoms in total. The van der Waals surface area contributed by atoms with E-state index in [2.05, 4.69) is 20.9 Å². The van der Waals surface area contributed by atoms with E-state index >= 15 is 0 Å². The lowest BCUT2D eigenvalue weighted by Gasteiger charge is -2.02. The Kier molecular flexibility index (Phi) is 4.26. The van der Waals surface area contributed by atoms with E-state index in [-0.39, 0.29) is 17.4 Å². The van der Waals surface area contributed by atoms with Crippen molar-refractivity contribution in [1.82, 2.24) is 0 Å². The van der Waals surface area contributed by atoms with E-state index in [4.69, 9.17) is 17.3 Å². The van der Waals surface area contributed by atoms with Crippen LogP contribution in [0, 0.1) is 17.0 Å². The number of nitrogens with zero attached hydrogens (tertiary/aromatic N) is 2. The van der Waals surface area contributed by atoms with Crippen molar-refractivity contribution in [3.05, 3.63) is 32.3 Å². The Morgan fingerprint density at radius 2 is 2.31 bits per heavy atom. The second kappa shape index (κ2) is 5.27. The lowest BCUT2D eigenvalue weighted by molar-refractivity contribution is -0.385. The van der Waals surface area contributed by atoms with E-state index in [0.29, 0.717) is 15.7 Å². The summed E-state index contributed by atoms with van der Waals surface area (Å²) in [5.41, 5.74) is 6.40. The van der Waals surface area contributed by atoms with Crippen molar-refractivity contribution in [2.75, 3.05) is 5.88 Å². The Balaban J connectivity index is 3.30. The van der Waals surface area contributed by atoms with Crippen molar-refractivity contribution in [3.63, 3.8) is 0 Å². The lowest BCUT2D eigenvalue weighted by atomic mass is 10.2. The number of nitrogens with two attached hydrogens (primary N) is 1. The quantitative estimate of drug-likeness (QED) is 0.306. The molecule has 0 saturated heterocycles. The Hall–Kier alpha value is -1.14. The zero-order valence-corrected chi connectivity index (χ0v) is 10.7. The van der Waals surface area contributed by atoms with E-state index in [1.165, 1.54) is 6.07 Å². The van der Waals surface area contributed by atoms with Crippen LogP contribution < -0.4 is 5.73 Å². The van der Waals surface area contributed by atoms with Crippen LogP contribution in [-0.4, -0.2) is 16.6 Å². The molecule has 0 saturated carbocycles. The van der Waals surface area contributed by atoms with E-state index < -0.39 is 4.92 Å². The number of amidine groups is 1. The van der Waals surface area contributed by atoms with Crippen molar-refractivity contribution in [3.8, 4) is 0 Å². The maximum absolute atomic E-state index is 10.8. The number of hydrogen-bond donors (Lipinski definition) is 1. The predicted octanol–water partition coefficient (Wildman–Crippen LogP) is 2.89. The fourth-order valence-electron chi connectivity index (χ4n) is 1.10. The number of hydrogen-bond acceptors (Lipinski definition) is 3. The Bertz CT molecular complexity index is 462. The Morgan fingerprint density at radius 1 is 1.69 bits per heavy atom. The second-order valence-electron chi connectivity index (χ2n) is 3.07. The molecule has 0 spiro atoms. The zero-order chi connectivity index (χ0) is 12.3. The summed E-state index contributed by atoms with van der Waals surface area (Å²) in [5, 5.41) is 10.8. The number of benzene rings is 1. The molecule has 0 aliphatic rings. The molecule has 0 aliphatic heterocycles. The van der Waals surface area contributed by atoms with E-state index in [9.17, 15) is 10.1 Å². The van der Waals surface area contributed by atoms with Gasteiger partial charge in [-0.25, -0.2) is 4.99 Å². The molecule has 1 aromatic carbocycles. The van der Waals surface area contributed by atoms with E-state index in [1.54, 1.807) is 13.0 Å². The molecular formula is C9H9BrClN3O2. The maximum atomic E-state index is 10.8. The molecule has 2 N–H and O–H groups in total. The summed E-state index contributed by atoms with van der Waals surface area (Å²) in [4.78, 5) is 14.2. The molecule has 0 unspecified atom stereocenters. The maximum Gasteiger partial charge on any atom is 0.275 e. The van der Waals surface area contributed by atoms with Crippen LogP contribution in [0.3, 0.4) is 0 Å². The third-order valence-corrected chi connectivity index (χ3v) is 3.01. The summed E-state index contributed by atoms with van der Waals surface area (Å²) in [6.07, 6.45) is 0. The highest BCUT2D eigenvalue weighted by atomic mass is 79.9. The van der Waals surface area contributed by atoms with Gasteiger partial charge in [-0.3, -0.25) is 10.1 Å². The van der Waals surface area contributed by atoms with Crippen LogP contribution in [0.25, 0.3) is 0 Å². The van der Waals surface area contributed by atoms with Crippen LogP contribution in [0.5, 0.6) is 0 Å². The minimum Gasteiger partial charge on any atom is -0.386 e. The fraction of sp³-hybridized carbons (Fsp3) is 0.222. The third-order valence-electron chi connectivity index (χ3n) is 1.91. The molecular weight excluding hydrogens is 297 g/mol. The van der Waals surface area contributed by atoms with Gasteiger partial charge in [-0.05, 0) is 13.0 Å². The average molecular weight is 307 g/mol. The van der Waals surface area contributed by atoms with Gasteiger partial charge in [0.05, 0.1) is 16.5 Å². The first-order valence-electron chi connectivity index (χ1n) is 4.29. The summed E-state index contributed by atoms with van der Waals surface area (Å²) in [6.45, 7) is 1.65. The van der Waals surface area contributed by atoms with Gasteiger partial charge in [-0.1, -0.05) is 15.9 Å². The highest BCUT2D eigenvalue weighted by Crippen LogP contribution is 2.31. The largest absolute Gasteiger partial charge is 0.386 e. The van der Waals surface area contributed by atoms with Gasteiger partial charge in [0, 0.05) is 16.1 Å². The molecule has 86 valence electrons. The molecule has 0 bridgehead atoms. The van der Waals surface area contributed by atoms with Crippen molar-refractivity contribution in [2.24, 2.45) is 10.7 Å². The van der Waals surface area contributed by atoms with Crippen LogP contribution in [0.1, 0.15) is 5.56 Å². The van der Waals surface area contributed by atoms with Gasteiger partial charge >= 0.3 is 0 Å². The number of alkyl halides is 1. The number of nitro groups is 1. The second-order valence-corrected chi connectivity index (χ2v) is 4.19. The topological polar surface area (TPSA) is 81.5 Å². The Morgan fingerprint density at radius 3 is 2.81 bits per heavy atom. The van der Waals surface area contributed by atoms with Crippen molar-refractivity contribution in [2.45, 2.75) is 6.92 Å². The molecule has 0 atom stereocenters. The van der Waals surface area contributed by atoms with Gasteiger partial charge in [-0.2, -0.15) is 0 Å². The number of halogens is 2. The summed E-state index contributed by atoms with van der Waals surface area (Å²) in [5.74, 6) is 0.297. The molecule has 1 aromatic rings. The predicted molar refractivity (Wildman–Crippen MR) is 67.5 cm³/mol. The smallest absolute Gasteiger partial charge is 0.275 e. The van der Waals surface area contributed by atoms with Crippen LogP contribution >= 0.6 is 27.5 Å². The van der Waals surface area contributed by atoms with Crippen molar-refractivity contribution < 1.29 is 4.92 Å². The van der Waals surface area contributed by atoms with Gasteiger partial charge in [0.2, 0.25) is 0 Å². The van der Waals surface area contributed by atoms with Crippen molar-refractivity contribution in [1.29, 1.82) is 0 Å². The standard InChI is InChI=1S/C9H9BrClN3O2/c1-5-7(10)2-6(13-9(12)4-11)3-8(5)14(15)16/h2-3H,4H2,1H3,(H2,12,13). The van der Waals surface area contributed by atoms with Crippen LogP contribution in [0.15, 0.2) is 21.6 Å². The first kappa shape index (κ1) is 12.9. The first-order chi connectivity index (χ1) is 7.45. The summed E-state index contributed by atoms with van der Waals surface area (Å²) >= 11 is 8.70. The van der Waals surface area contributed by atoms with Gasteiger partial charge < -0.3 is 5.73 Å². The van der Waals surface area contributed by atoms with E-state index in [0.717, 1.165) is 0 Å². The fourth-order valence-corrected chi connectivity index (χ4v) is 1.60. The van der Waals surface area contributed by atoms with Gasteiger partial charge in [0.25, 0.3) is 5.69 Å². The van der Waals surface area contributed by atoms with Crippen molar-refractivity contribution >= 4 is 44.7 Å². The molecule has 0 amide bonds. The minimum absolute atomic E-state index is 0.00417. The third kappa shape index (κ3) is 2.93. The molecule has 7 heteroatoms. The molecule has 0 aromatic heterocycles. The molecule has 16 heavy (non-hydrogen) atoms. The van der Waals surface area contributed by atoms with Gasteiger partial charge in [0.1, 0.15) is 5.84 Å². The lowest BCUT2D eigenvalue weighted by Crippen LogP contribution is -2.12. The normalized spacial score (nSPS) is 11.6. The van der Waals surface area contributed by atoms with E-state index in [1.807, 2.05) is 0 Å². The van der Waals surface area contributed by atoms with Crippen LogP contribution in [0.4, 0.5) is 11.4 Å². The molecule has 0 radical (unpaired) electrons. The average Bonchev–Trinajstić information content (AvgIpc) is 2.22. The number of rotatable bonds is 3. The SMILES string of the molecule is Cc1c(Br)cc(N=C(N)CCl)cc1[N+](=O)[O-]. The van der Waals surface area contributed by atoms with Crippen LogP contribution in [-0.2, 0) is 0 Å². The Labute approximate surface area is 106 Å². The van der Waals surface area contributed by atoms with Gasteiger partial charge in [-0.15, -0.1) is 11.6 Å². The number of nitro benzene ring substituents is 1. The highest BCUT2D eigenvalue weighted by Gasteiger charge is 2.14. The summed E-state index contributed by atoms with van der Waals surface area (Å²) in [7, 11) is 0. The monoisotopic (exact) mass is 305 g/mol. The minimum atomic E-state index is -0.462. The molecule has 0 heterocycles. The zero-order valence-electron chi connectivity index (χ0n) is 8.41. The molecule has 1 rings (SSSR count). The van der Waals surface area contributed by atoms with Gasteiger partial charge in [0.15, 0.2) is 0 Å². The highest BCUT2D eigenvalue weighted by molar-refractivity contribution is 9.10. The molecule has 0 fully saturated rings. The summed E-state index contributed by atoms with van der Waals surface area (Å²) in [6, 6.07) is 3.02.